The largest absolute Gasteiger partial charge is 0.484 e. The predicted molar refractivity (Wildman–Crippen MR) is 49.1 cm³/mol. The molecule has 0 aliphatic heterocycles. The van der Waals surface area contributed by atoms with Gasteiger partial charge in [-0.25, -0.2) is 5.48 Å². The van der Waals surface area contributed by atoms with Gasteiger partial charge in [-0.3, -0.25) is 10.0 Å². The number of benzene rings is 1. The number of carbonyl (C=O) groups is 1. The Kier molecular flexibility index (Phi) is 5.67. The average molecular weight is 204 g/mol. The number of hydrogen-bond donors (Lipinski definition) is 2. The van der Waals surface area contributed by atoms with Crippen LogP contribution in [0.25, 0.3) is 0 Å². The summed E-state index contributed by atoms with van der Waals surface area (Å²) >= 11 is 0. The van der Waals surface area contributed by atoms with E-state index in [2.05, 4.69) is 0 Å². The van der Waals surface area contributed by atoms with Crippen molar-refractivity contribution in [1.82, 2.24) is 5.48 Å². The second-order valence-corrected chi connectivity index (χ2v) is 2.14. The van der Waals surface area contributed by atoms with Gasteiger partial charge >= 0.3 is 0 Å². The molecule has 0 fully saturated rings. The van der Waals surface area contributed by atoms with E-state index in [0.29, 0.717) is 5.75 Å². The molecule has 13 heavy (non-hydrogen) atoms. The summed E-state index contributed by atoms with van der Waals surface area (Å²) in [5.41, 5.74) is 1.47. The lowest BCUT2D eigenvalue weighted by molar-refractivity contribution is -0.131. The predicted octanol–water partition coefficient (Wildman–Crippen LogP) is 0.993. The normalized spacial score (nSPS) is 8.38. The van der Waals surface area contributed by atoms with Gasteiger partial charge in [-0.2, -0.15) is 0 Å². The first kappa shape index (κ1) is 11.7. The summed E-state index contributed by atoms with van der Waals surface area (Å²) in [6, 6.07) is 8.90. The number of nitrogens with one attached hydrogen (secondary N) is 1. The van der Waals surface area contributed by atoms with Crippen molar-refractivity contribution in [2.45, 2.75) is 0 Å². The van der Waals surface area contributed by atoms with Gasteiger partial charge in [0.05, 0.1) is 0 Å². The van der Waals surface area contributed by atoms with E-state index in [1.165, 1.54) is 5.48 Å². The van der Waals surface area contributed by atoms with Crippen LogP contribution >= 0.6 is 12.4 Å². The standard InChI is InChI=1S/C8H9NO3.ClH/c10-8(9-11)6-12-7-4-2-1-3-5-7;/h1-5,11H,6H2,(H,9,10);1H. The van der Waals surface area contributed by atoms with Crippen LogP contribution in [0.2, 0.25) is 0 Å². The molecular formula is C8H10ClNO3. The van der Waals surface area contributed by atoms with Crippen molar-refractivity contribution >= 4 is 18.3 Å². The molecule has 0 heterocycles. The molecule has 0 saturated carbocycles. The summed E-state index contributed by atoms with van der Waals surface area (Å²) in [5.74, 6) is 0.0277. The smallest absolute Gasteiger partial charge is 0.281 e. The maximum Gasteiger partial charge on any atom is 0.281 e. The van der Waals surface area contributed by atoms with Crippen LogP contribution in [0.1, 0.15) is 0 Å². The fraction of sp³-hybridized carbons (Fsp3) is 0.125. The monoisotopic (exact) mass is 203 g/mol. The van der Waals surface area contributed by atoms with E-state index in [-0.39, 0.29) is 19.0 Å². The zero-order valence-electron chi connectivity index (χ0n) is 6.77. The van der Waals surface area contributed by atoms with Crippen LogP contribution in [-0.2, 0) is 4.79 Å². The Labute approximate surface area is 81.9 Å². The number of hydrogen-bond acceptors (Lipinski definition) is 3. The van der Waals surface area contributed by atoms with E-state index in [1.807, 2.05) is 6.07 Å². The first-order valence-electron chi connectivity index (χ1n) is 3.43. The number of carbonyl (C=O) groups excluding carboxylic acids is 1. The highest BCUT2D eigenvalue weighted by Crippen LogP contribution is 2.07. The van der Waals surface area contributed by atoms with E-state index >= 15 is 0 Å². The van der Waals surface area contributed by atoms with Crippen LogP contribution in [0.3, 0.4) is 0 Å². The van der Waals surface area contributed by atoms with Crippen molar-refractivity contribution in [3.05, 3.63) is 30.3 Å². The van der Waals surface area contributed by atoms with E-state index in [1.54, 1.807) is 24.3 Å². The third-order valence-electron chi connectivity index (χ3n) is 1.24. The Morgan fingerprint density at radius 1 is 1.38 bits per heavy atom. The quantitative estimate of drug-likeness (QED) is 0.569. The molecule has 0 aliphatic rings. The summed E-state index contributed by atoms with van der Waals surface area (Å²) in [4.78, 5) is 10.5. The molecule has 1 rings (SSSR count). The maximum atomic E-state index is 10.5. The van der Waals surface area contributed by atoms with Gasteiger partial charge < -0.3 is 4.74 Å². The number of para-hydroxylation sites is 1. The lowest BCUT2D eigenvalue weighted by atomic mass is 10.3. The van der Waals surface area contributed by atoms with E-state index in [4.69, 9.17) is 9.94 Å². The van der Waals surface area contributed by atoms with Crippen molar-refractivity contribution in [3.63, 3.8) is 0 Å². The highest BCUT2D eigenvalue weighted by atomic mass is 35.5. The fourth-order valence-electron chi connectivity index (χ4n) is 0.698. The molecule has 0 atom stereocenters. The van der Waals surface area contributed by atoms with Gasteiger partial charge in [0.15, 0.2) is 6.61 Å². The minimum atomic E-state index is -0.571. The average Bonchev–Trinajstić information content (AvgIpc) is 2.16. The number of rotatable bonds is 3. The van der Waals surface area contributed by atoms with Gasteiger partial charge in [-0.1, -0.05) is 18.2 Å². The number of halogens is 1. The van der Waals surface area contributed by atoms with Gasteiger partial charge in [-0.15, -0.1) is 12.4 Å². The number of ether oxygens (including phenoxy) is 1. The van der Waals surface area contributed by atoms with Crippen LogP contribution in [-0.4, -0.2) is 17.7 Å². The lowest BCUT2D eigenvalue weighted by Crippen LogP contribution is -2.25. The molecular weight excluding hydrogens is 194 g/mol. The van der Waals surface area contributed by atoms with Crippen LogP contribution in [0.5, 0.6) is 5.75 Å². The topological polar surface area (TPSA) is 58.6 Å². The second-order valence-electron chi connectivity index (χ2n) is 2.14. The minimum Gasteiger partial charge on any atom is -0.484 e. The molecule has 0 unspecified atom stereocenters. The zero-order valence-corrected chi connectivity index (χ0v) is 7.58. The lowest BCUT2D eigenvalue weighted by Gasteiger charge is -2.02. The van der Waals surface area contributed by atoms with Crippen molar-refractivity contribution in [3.8, 4) is 5.75 Å². The molecule has 4 nitrogen and oxygen atoms in total. The van der Waals surface area contributed by atoms with Crippen LogP contribution in [0.4, 0.5) is 0 Å². The summed E-state index contributed by atoms with van der Waals surface area (Å²) in [6.07, 6.45) is 0. The van der Waals surface area contributed by atoms with Crippen LogP contribution < -0.4 is 10.2 Å². The van der Waals surface area contributed by atoms with E-state index < -0.39 is 5.91 Å². The Hall–Kier alpha value is -1.26. The molecule has 1 amide bonds. The highest BCUT2D eigenvalue weighted by molar-refractivity contribution is 5.85. The Bertz CT molecular complexity index is 253. The SMILES string of the molecule is Cl.O=C(COc1ccccc1)NO. The van der Waals surface area contributed by atoms with Crippen molar-refractivity contribution in [2.75, 3.05) is 6.61 Å². The summed E-state index contributed by atoms with van der Waals surface area (Å²) < 4.78 is 4.99. The Balaban J connectivity index is 0.00000144. The molecule has 1 aromatic carbocycles. The van der Waals surface area contributed by atoms with Gasteiger partial charge in [0.25, 0.3) is 5.91 Å². The van der Waals surface area contributed by atoms with Gasteiger partial charge in [0, 0.05) is 0 Å². The molecule has 5 heteroatoms. The third-order valence-corrected chi connectivity index (χ3v) is 1.24. The van der Waals surface area contributed by atoms with Crippen LogP contribution in [0.15, 0.2) is 30.3 Å². The minimum absolute atomic E-state index is 0. The van der Waals surface area contributed by atoms with Crippen LogP contribution in [0, 0.1) is 0 Å². The highest BCUT2D eigenvalue weighted by Gasteiger charge is 1.98. The first-order valence-corrected chi connectivity index (χ1v) is 3.43. The van der Waals surface area contributed by atoms with E-state index in [0.717, 1.165) is 0 Å². The van der Waals surface area contributed by atoms with Gasteiger partial charge in [0.1, 0.15) is 5.75 Å². The van der Waals surface area contributed by atoms with Gasteiger partial charge in [0.2, 0.25) is 0 Å². The summed E-state index contributed by atoms with van der Waals surface area (Å²) in [6.45, 7) is -0.180. The molecule has 1 aromatic rings. The number of hydroxylamine groups is 1. The summed E-state index contributed by atoms with van der Waals surface area (Å²) in [5, 5.41) is 8.13. The van der Waals surface area contributed by atoms with Crippen molar-refractivity contribution < 1.29 is 14.7 Å². The molecule has 2 N–H and O–H groups in total. The van der Waals surface area contributed by atoms with E-state index in [9.17, 15) is 4.79 Å². The zero-order chi connectivity index (χ0) is 8.81. The molecule has 0 aromatic heterocycles. The fourth-order valence-corrected chi connectivity index (χ4v) is 0.698. The molecule has 0 bridgehead atoms. The number of amides is 1. The molecule has 0 radical (unpaired) electrons. The Morgan fingerprint density at radius 2 is 2.00 bits per heavy atom. The first-order chi connectivity index (χ1) is 5.83. The van der Waals surface area contributed by atoms with Crippen molar-refractivity contribution in [1.29, 1.82) is 0 Å². The molecule has 0 aliphatic carbocycles. The Morgan fingerprint density at radius 3 is 2.54 bits per heavy atom. The maximum absolute atomic E-state index is 10.5. The summed E-state index contributed by atoms with van der Waals surface area (Å²) in [7, 11) is 0. The third kappa shape index (κ3) is 4.35. The molecule has 0 saturated heterocycles. The van der Waals surface area contributed by atoms with Gasteiger partial charge in [-0.05, 0) is 12.1 Å². The molecule has 72 valence electrons. The van der Waals surface area contributed by atoms with Crippen molar-refractivity contribution in [2.24, 2.45) is 0 Å². The second kappa shape index (κ2) is 6.28. The molecule has 0 spiro atoms.